The van der Waals surface area contributed by atoms with E-state index in [0.29, 0.717) is 30.3 Å². The molecule has 6 N–H and O–H groups in total. The van der Waals surface area contributed by atoms with Gasteiger partial charge in [-0.05, 0) is 18.2 Å². The van der Waals surface area contributed by atoms with Crippen LogP contribution in [0.4, 0.5) is 8.78 Å². The second-order valence-corrected chi connectivity index (χ2v) is 7.28. The first-order valence-corrected chi connectivity index (χ1v) is 9.23. The molecule has 1 unspecified atom stereocenters. The number of hydroxylamine groups is 1. The highest BCUT2D eigenvalue weighted by Gasteiger charge is 2.25. The van der Waals surface area contributed by atoms with Crippen molar-refractivity contribution in [2.45, 2.75) is 26.6 Å². The summed E-state index contributed by atoms with van der Waals surface area (Å²) in [5, 5.41) is 2.88. The fourth-order valence-corrected chi connectivity index (χ4v) is 3.09. The number of benzene rings is 1. The zero-order valence-electron chi connectivity index (χ0n) is 15.6. The van der Waals surface area contributed by atoms with Crippen LogP contribution in [0, 0.1) is 17.6 Å². The normalized spacial score (nSPS) is 22.9. The minimum atomic E-state index is -0.680. The predicted molar refractivity (Wildman–Crippen MR) is 104 cm³/mol. The van der Waals surface area contributed by atoms with Crippen LogP contribution in [0.15, 0.2) is 40.4 Å². The van der Waals surface area contributed by atoms with Gasteiger partial charge >= 0.3 is 0 Å². The quantitative estimate of drug-likeness (QED) is 0.564. The molecular weight excluding hydrogens is 390 g/mol. The van der Waals surface area contributed by atoms with Crippen molar-refractivity contribution < 1.29 is 13.6 Å². The van der Waals surface area contributed by atoms with Crippen LogP contribution < -0.4 is 22.3 Å². The smallest absolute Gasteiger partial charge is 0.158 e. The van der Waals surface area contributed by atoms with Gasteiger partial charge in [0.1, 0.15) is 23.3 Å². The Balaban J connectivity index is 1.90. The lowest BCUT2D eigenvalue weighted by Crippen LogP contribution is -2.38. The van der Waals surface area contributed by atoms with Crippen LogP contribution in [-0.2, 0) is 11.4 Å². The first-order valence-electron chi connectivity index (χ1n) is 8.85. The highest BCUT2D eigenvalue weighted by atomic mass is 35.5. The molecule has 2 aliphatic heterocycles. The van der Waals surface area contributed by atoms with Crippen molar-refractivity contribution in [2.24, 2.45) is 22.4 Å². The van der Waals surface area contributed by atoms with Gasteiger partial charge in [-0.3, -0.25) is 4.99 Å². The van der Waals surface area contributed by atoms with Gasteiger partial charge in [0.05, 0.1) is 23.0 Å². The van der Waals surface area contributed by atoms with E-state index < -0.39 is 11.6 Å². The van der Waals surface area contributed by atoms with Crippen molar-refractivity contribution >= 4 is 17.4 Å². The van der Waals surface area contributed by atoms with Crippen molar-refractivity contribution in [2.75, 3.05) is 13.1 Å². The molecule has 0 aliphatic carbocycles. The minimum Gasteiger partial charge on any atom is -0.396 e. The number of nitrogens with zero attached hydrogens (tertiary/aromatic N) is 2. The van der Waals surface area contributed by atoms with E-state index in [0.717, 1.165) is 12.1 Å². The van der Waals surface area contributed by atoms with Crippen molar-refractivity contribution in [3.8, 4) is 0 Å². The summed E-state index contributed by atoms with van der Waals surface area (Å²) >= 11 is 5.96. The van der Waals surface area contributed by atoms with Gasteiger partial charge in [0.15, 0.2) is 6.23 Å². The summed E-state index contributed by atoms with van der Waals surface area (Å²) in [4.78, 5) is 11.4. The number of hydrogen-bond acceptors (Lipinski definition) is 7. The standard InChI is InChI=1S/C18H23ClF2N6O/c1-9(2)18-25-17(26-28-18)13(22)7-14-16(23)24-5-6-27(14)8-10-11(20)3-4-12(21)15(10)19/h3-4,7,9,18,25-26H,5-6,8,22H2,1-2H3,(H2,23,24). The van der Waals surface area contributed by atoms with Gasteiger partial charge in [0.25, 0.3) is 0 Å². The van der Waals surface area contributed by atoms with E-state index in [1.807, 2.05) is 13.8 Å². The molecule has 7 nitrogen and oxygen atoms in total. The predicted octanol–water partition coefficient (Wildman–Crippen LogP) is 1.91. The Hall–Kier alpha value is -2.52. The van der Waals surface area contributed by atoms with E-state index in [-0.39, 0.29) is 35.1 Å². The number of nitrogens with two attached hydrogens (primary N) is 2. The number of allylic oxidation sites excluding steroid dienone is 1. The third kappa shape index (κ3) is 4.15. The number of nitrogens with one attached hydrogen (secondary N) is 2. The number of rotatable bonds is 4. The molecule has 0 amide bonds. The van der Waals surface area contributed by atoms with Gasteiger partial charge in [-0.2, -0.15) is 0 Å². The second-order valence-electron chi connectivity index (χ2n) is 6.90. The van der Waals surface area contributed by atoms with Crippen molar-refractivity contribution in [3.63, 3.8) is 0 Å². The van der Waals surface area contributed by atoms with Gasteiger partial charge in [-0.25, -0.2) is 19.1 Å². The summed E-state index contributed by atoms with van der Waals surface area (Å²) in [6, 6.07) is 2.04. The maximum absolute atomic E-state index is 14.2. The zero-order chi connectivity index (χ0) is 20.4. The van der Waals surface area contributed by atoms with Crippen LogP contribution in [0.3, 0.4) is 0 Å². The molecule has 1 fully saturated rings. The topological polar surface area (TPSA) is 101 Å². The molecule has 1 aromatic carbocycles. The average molecular weight is 413 g/mol. The molecule has 1 atom stereocenters. The summed E-state index contributed by atoms with van der Waals surface area (Å²) in [5.41, 5.74) is 15.9. The van der Waals surface area contributed by atoms with E-state index in [1.165, 1.54) is 0 Å². The Morgan fingerprint density at radius 2 is 2.14 bits per heavy atom. The van der Waals surface area contributed by atoms with Crippen LogP contribution in [0.5, 0.6) is 0 Å². The number of halogens is 3. The number of aliphatic imine (C=N–C) groups is 1. The Bertz CT molecular complexity index is 855. The van der Waals surface area contributed by atoms with Crippen molar-refractivity contribution in [1.29, 1.82) is 0 Å². The van der Waals surface area contributed by atoms with Gasteiger partial charge in [0.2, 0.25) is 0 Å². The Labute approximate surface area is 167 Å². The monoisotopic (exact) mass is 412 g/mol. The highest BCUT2D eigenvalue weighted by Crippen LogP contribution is 2.26. The molecule has 28 heavy (non-hydrogen) atoms. The molecule has 1 saturated heterocycles. The van der Waals surface area contributed by atoms with Crippen molar-refractivity contribution in [1.82, 2.24) is 15.7 Å². The molecular formula is C18H23ClF2N6O. The first-order chi connectivity index (χ1) is 13.3. The van der Waals surface area contributed by atoms with Crippen LogP contribution in [-0.4, -0.2) is 30.1 Å². The lowest BCUT2D eigenvalue weighted by molar-refractivity contribution is 0.00480. The van der Waals surface area contributed by atoms with E-state index in [1.54, 1.807) is 11.0 Å². The van der Waals surface area contributed by atoms with Crippen LogP contribution in [0.2, 0.25) is 5.02 Å². The van der Waals surface area contributed by atoms with Gasteiger partial charge in [-0.15, -0.1) is 0 Å². The fraction of sp³-hybridized carbons (Fsp3) is 0.389. The molecule has 3 rings (SSSR count). The zero-order valence-corrected chi connectivity index (χ0v) is 16.4. The molecule has 0 radical (unpaired) electrons. The fourth-order valence-electron chi connectivity index (χ4n) is 2.88. The average Bonchev–Trinajstić information content (AvgIpc) is 3.15. The minimum absolute atomic E-state index is 0.0269. The third-order valence-electron chi connectivity index (χ3n) is 4.50. The largest absolute Gasteiger partial charge is 0.396 e. The maximum Gasteiger partial charge on any atom is 0.158 e. The van der Waals surface area contributed by atoms with Crippen LogP contribution in [0.25, 0.3) is 0 Å². The van der Waals surface area contributed by atoms with Crippen LogP contribution in [0.1, 0.15) is 19.4 Å². The molecule has 0 bridgehead atoms. The Morgan fingerprint density at radius 3 is 2.82 bits per heavy atom. The summed E-state index contributed by atoms with van der Waals surface area (Å²) in [7, 11) is 0. The van der Waals surface area contributed by atoms with E-state index >= 15 is 0 Å². The summed E-state index contributed by atoms with van der Waals surface area (Å²) < 4.78 is 28.0. The molecule has 2 heterocycles. The summed E-state index contributed by atoms with van der Waals surface area (Å²) in [5.74, 6) is -0.298. The first kappa shape index (κ1) is 20.2. The Morgan fingerprint density at radius 1 is 1.43 bits per heavy atom. The molecule has 0 aromatic heterocycles. The highest BCUT2D eigenvalue weighted by molar-refractivity contribution is 6.31. The van der Waals surface area contributed by atoms with Gasteiger partial charge in [0, 0.05) is 24.6 Å². The lowest BCUT2D eigenvalue weighted by Gasteiger charge is -2.30. The Kier molecular flexibility index (Phi) is 5.95. The summed E-state index contributed by atoms with van der Waals surface area (Å²) in [6.07, 6.45) is 1.39. The number of hydrogen-bond donors (Lipinski definition) is 4. The third-order valence-corrected chi connectivity index (χ3v) is 4.91. The van der Waals surface area contributed by atoms with E-state index in [4.69, 9.17) is 27.9 Å². The van der Waals surface area contributed by atoms with E-state index in [9.17, 15) is 8.78 Å². The maximum atomic E-state index is 14.2. The number of amidine groups is 1. The SMILES string of the molecule is CC(C)C1NC(=C(N)C=C2C(N)=NCCN2Cc2c(F)ccc(F)c2Cl)NO1. The molecule has 0 spiro atoms. The van der Waals surface area contributed by atoms with Crippen molar-refractivity contribution in [3.05, 3.63) is 57.6 Å². The lowest BCUT2D eigenvalue weighted by atomic mass is 10.1. The summed E-state index contributed by atoms with van der Waals surface area (Å²) in [6.45, 7) is 4.90. The van der Waals surface area contributed by atoms with E-state index in [2.05, 4.69) is 15.8 Å². The van der Waals surface area contributed by atoms with Gasteiger partial charge in [-0.1, -0.05) is 25.4 Å². The van der Waals surface area contributed by atoms with Gasteiger partial charge < -0.3 is 21.7 Å². The molecule has 152 valence electrons. The molecule has 10 heteroatoms. The second kappa shape index (κ2) is 8.24. The van der Waals surface area contributed by atoms with Crippen LogP contribution >= 0.6 is 11.6 Å². The molecule has 2 aliphatic rings. The molecule has 0 saturated carbocycles. The molecule has 1 aromatic rings.